The molecule has 0 radical (unpaired) electrons. The van der Waals surface area contributed by atoms with Gasteiger partial charge in [-0.3, -0.25) is 0 Å². The van der Waals surface area contributed by atoms with Crippen molar-refractivity contribution in [2.45, 2.75) is 4.90 Å². The predicted molar refractivity (Wildman–Crippen MR) is 60.6 cm³/mol. The summed E-state index contributed by atoms with van der Waals surface area (Å²) in [6.07, 6.45) is 1.07. The third-order valence-corrected chi connectivity index (χ3v) is 3.49. The first-order chi connectivity index (χ1) is 8.90. The van der Waals surface area contributed by atoms with Gasteiger partial charge in [0.25, 0.3) is 10.0 Å². The van der Waals surface area contributed by atoms with E-state index in [-0.39, 0.29) is 11.5 Å². The van der Waals surface area contributed by atoms with Crippen molar-refractivity contribution in [1.82, 2.24) is 15.2 Å². The molecule has 3 N–H and O–H groups in total. The van der Waals surface area contributed by atoms with Crippen LogP contribution in [0.25, 0.3) is 0 Å². The number of aromatic carboxylic acids is 1. The van der Waals surface area contributed by atoms with Gasteiger partial charge in [-0.25, -0.2) is 27.4 Å². The Balaban J connectivity index is 2.38. The Morgan fingerprint density at radius 3 is 2.68 bits per heavy atom. The summed E-state index contributed by atoms with van der Waals surface area (Å²) >= 11 is 0. The molecule has 0 aliphatic carbocycles. The van der Waals surface area contributed by atoms with Crippen LogP contribution >= 0.6 is 0 Å². The molecule has 2 rings (SSSR count). The summed E-state index contributed by atoms with van der Waals surface area (Å²) < 4.78 is 39.2. The quantitative estimate of drug-likeness (QED) is 0.749. The van der Waals surface area contributed by atoms with Crippen molar-refractivity contribution in [2.75, 3.05) is 4.72 Å². The molecule has 0 unspecified atom stereocenters. The van der Waals surface area contributed by atoms with E-state index in [1.165, 1.54) is 0 Å². The fraction of sp³-hybridized carbons (Fsp3) is 0. The fourth-order valence-corrected chi connectivity index (χ4v) is 2.31. The summed E-state index contributed by atoms with van der Waals surface area (Å²) in [6.45, 7) is 0. The molecule has 0 fully saturated rings. The Hall–Kier alpha value is -2.49. The highest BCUT2D eigenvalue weighted by atomic mass is 32.2. The number of carboxylic acid groups (broad SMARTS) is 1. The molecule has 1 aromatic carbocycles. The molecule has 0 spiro atoms. The standard InChI is InChI=1S/C9H7FN4O4S/c10-6-3-5(8(15)16)1-2-7(6)19(17,18)14-9-11-4-12-13-9/h1-4H,(H,15,16)(H2,11,12,13,14). The van der Waals surface area contributed by atoms with Gasteiger partial charge in [0.05, 0.1) is 5.56 Å². The molecule has 0 saturated carbocycles. The van der Waals surface area contributed by atoms with Gasteiger partial charge < -0.3 is 5.11 Å². The van der Waals surface area contributed by atoms with E-state index >= 15 is 0 Å². The minimum absolute atomic E-state index is 0.179. The Morgan fingerprint density at radius 2 is 2.16 bits per heavy atom. The predicted octanol–water partition coefficient (Wildman–Crippen LogP) is 0.443. The lowest BCUT2D eigenvalue weighted by Crippen LogP contribution is -2.16. The summed E-state index contributed by atoms with van der Waals surface area (Å²) in [7, 11) is -4.21. The van der Waals surface area contributed by atoms with E-state index in [2.05, 4.69) is 15.2 Å². The zero-order valence-corrected chi connectivity index (χ0v) is 9.98. The number of carboxylic acids is 1. The number of sulfonamides is 1. The fourth-order valence-electron chi connectivity index (χ4n) is 1.29. The molecular weight excluding hydrogens is 279 g/mol. The number of nitrogens with one attached hydrogen (secondary N) is 2. The molecule has 10 heteroatoms. The zero-order chi connectivity index (χ0) is 14.0. The van der Waals surface area contributed by atoms with E-state index < -0.39 is 26.7 Å². The van der Waals surface area contributed by atoms with Gasteiger partial charge in [-0.1, -0.05) is 0 Å². The van der Waals surface area contributed by atoms with Crippen LogP contribution in [0, 0.1) is 5.82 Å². The van der Waals surface area contributed by atoms with Gasteiger partial charge in [0.2, 0.25) is 5.95 Å². The summed E-state index contributed by atoms with van der Waals surface area (Å²) in [5.41, 5.74) is -0.351. The van der Waals surface area contributed by atoms with Crippen molar-refractivity contribution < 1.29 is 22.7 Å². The normalized spacial score (nSPS) is 11.2. The third kappa shape index (κ3) is 2.68. The topological polar surface area (TPSA) is 125 Å². The Kier molecular flexibility index (Phi) is 3.17. The number of aromatic nitrogens is 3. The Morgan fingerprint density at radius 1 is 1.42 bits per heavy atom. The first-order valence-corrected chi connectivity index (χ1v) is 6.29. The smallest absolute Gasteiger partial charge is 0.335 e. The molecule has 19 heavy (non-hydrogen) atoms. The lowest BCUT2D eigenvalue weighted by Gasteiger charge is -2.06. The molecule has 0 aliphatic heterocycles. The van der Waals surface area contributed by atoms with Crippen LogP contribution in [0.1, 0.15) is 10.4 Å². The monoisotopic (exact) mass is 286 g/mol. The highest BCUT2D eigenvalue weighted by Gasteiger charge is 2.21. The van der Waals surface area contributed by atoms with Gasteiger partial charge in [0.15, 0.2) is 0 Å². The minimum atomic E-state index is -4.21. The van der Waals surface area contributed by atoms with E-state index in [4.69, 9.17) is 5.11 Å². The van der Waals surface area contributed by atoms with E-state index in [0.29, 0.717) is 6.07 Å². The third-order valence-electron chi connectivity index (χ3n) is 2.11. The summed E-state index contributed by atoms with van der Waals surface area (Å²) in [6, 6.07) is 2.47. The molecule has 1 aromatic heterocycles. The van der Waals surface area contributed by atoms with Crippen molar-refractivity contribution in [3.8, 4) is 0 Å². The second-order valence-electron chi connectivity index (χ2n) is 3.39. The maximum Gasteiger partial charge on any atom is 0.335 e. The van der Waals surface area contributed by atoms with Gasteiger partial charge in [0, 0.05) is 0 Å². The van der Waals surface area contributed by atoms with Crippen LogP contribution < -0.4 is 4.72 Å². The largest absolute Gasteiger partial charge is 0.478 e. The first kappa shape index (κ1) is 13.0. The second-order valence-corrected chi connectivity index (χ2v) is 5.04. The number of H-pyrrole nitrogens is 1. The molecule has 100 valence electrons. The maximum atomic E-state index is 13.6. The number of halogens is 1. The minimum Gasteiger partial charge on any atom is -0.478 e. The van der Waals surface area contributed by atoms with Crippen molar-refractivity contribution in [2.24, 2.45) is 0 Å². The lowest BCUT2D eigenvalue weighted by atomic mass is 10.2. The average molecular weight is 286 g/mol. The molecule has 0 atom stereocenters. The SMILES string of the molecule is O=C(O)c1ccc(S(=O)(=O)Nc2ncn[nH]2)c(F)c1. The highest BCUT2D eigenvalue weighted by molar-refractivity contribution is 7.92. The highest BCUT2D eigenvalue weighted by Crippen LogP contribution is 2.18. The molecule has 2 aromatic rings. The number of hydrogen-bond acceptors (Lipinski definition) is 5. The van der Waals surface area contributed by atoms with E-state index in [0.717, 1.165) is 18.5 Å². The molecule has 0 amide bonds. The Bertz CT molecular complexity index is 714. The van der Waals surface area contributed by atoms with E-state index in [1.807, 2.05) is 4.72 Å². The molecule has 0 bridgehead atoms. The first-order valence-electron chi connectivity index (χ1n) is 4.81. The lowest BCUT2D eigenvalue weighted by molar-refractivity contribution is 0.0696. The molecule has 8 nitrogen and oxygen atoms in total. The van der Waals surface area contributed by atoms with Crippen molar-refractivity contribution in [3.63, 3.8) is 0 Å². The van der Waals surface area contributed by atoms with Crippen LogP contribution in [0.2, 0.25) is 0 Å². The Labute approximate surface area is 106 Å². The summed E-state index contributed by atoms with van der Waals surface area (Å²) in [5.74, 6) is -2.71. The molecular formula is C9H7FN4O4S. The van der Waals surface area contributed by atoms with Gasteiger partial charge in [-0.15, -0.1) is 0 Å². The van der Waals surface area contributed by atoms with Crippen LogP contribution in [-0.2, 0) is 10.0 Å². The van der Waals surface area contributed by atoms with Crippen LogP contribution in [-0.4, -0.2) is 34.7 Å². The van der Waals surface area contributed by atoms with Crippen molar-refractivity contribution in [1.29, 1.82) is 0 Å². The van der Waals surface area contributed by atoms with Crippen LogP contribution in [0.4, 0.5) is 10.3 Å². The van der Waals surface area contributed by atoms with Gasteiger partial charge in [-0.05, 0) is 18.2 Å². The number of rotatable bonds is 4. The molecule has 1 heterocycles. The number of hydrogen-bond donors (Lipinski definition) is 3. The number of benzene rings is 1. The molecule has 0 saturated heterocycles. The van der Waals surface area contributed by atoms with E-state index in [1.54, 1.807) is 0 Å². The van der Waals surface area contributed by atoms with Crippen LogP contribution in [0.3, 0.4) is 0 Å². The van der Waals surface area contributed by atoms with Gasteiger partial charge in [0.1, 0.15) is 17.0 Å². The van der Waals surface area contributed by atoms with E-state index in [9.17, 15) is 17.6 Å². The number of carbonyl (C=O) groups is 1. The zero-order valence-electron chi connectivity index (χ0n) is 9.16. The van der Waals surface area contributed by atoms with Gasteiger partial charge >= 0.3 is 5.97 Å². The van der Waals surface area contributed by atoms with Crippen molar-refractivity contribution in [3.05, 3.63) is 35.9 Å². The second kappa shape index (κ2) is 4.65. The average Bonchev–Trinajstić information content (AvgIpc) is 2.80. The number of aromatic amines is 1. The van der Waals surface area contributed by atoms with Crippen LogP contribution in [0.5, 0.6) is 0 Å². The molecule has 0 aliphatic rings. The number of nitrogens with zero attached hydrogens (tertiary/aromatic N) is 2. The van der Waals surface area contributed by atoms with Gasteiger partial charge in [-0.2, -0.15) is 10.1 Å². The number of anilines is 1. The van der Waals surface area contributed by atoms with Crippen LogP contribution in [0.15, 0.2) is 29.4 Å². The maximum absolute atomic E-state index is 13.6. The summed E-state index contributed by atoms with van der Waals surface area (Å²) in [4.78, 5) is 13.5. The summed E-state index contributed by atoms with van der Waals surface area (Å²) in [5, 5.41) is 14.3. The van der Waals surface area contributed by atoms with Crippen molar-refractivity contribution >= 4 is 21.9 Å².